The van der Waals surface area contributed by atoms with Crippen molar-refractivity contribution in [3.8, 4) is 5.75 Å². The number of benzene rings is 2. The molecule has 1 unspecified atom stereocenters. The van der Waals surface area contributed by atoms with Gasteiger partial charge in [-0.15, -0.1) is 0 Å². The molecule has 5 heteroatoms. The number of methoxy groups -OCH3 is 1. The molecule has 2 aromatic carbocycles. The van der Waals surface area contributed by atoms with Crippen LogP contribution in [0.25, 0.3) is 0 Å². The fraction of sp³-hybridized carbons (Fsp3) is 0.435. The van der Waals surface area contributed by atoms with Crippen LogP contribution in [0.15, 0.2) is 48.5 Å². The highest BCUT2D eigenvalue weighted by Crippen LogP contribution is 2.38. The Hall–Kier alpha value is -2.53. The average Bonchev–Trinajstić information content (AvgIpc) is 2.69. The molecule has 1 aliphatic heterocycles. The predicted molar refractivity (Wildman–Crippen MR) is 112 cm³/mol. The summed E-state index contributed by atoms with van der Waals surface area (Å²) in [5.74, 6) is 1.30. The van der Waals surface area contributed by atoms with Gasteiger partial charge in [-0.1, -0.05) is 38.1 Å². The number of carbonyl (C=O) groups excluding carboxylic acids is 1. The molecule has 1 N–H and O–H groups in total. The lowest BCUT2D eigenvalue weighted by Crippen LogP contribution is -2.56. The molecule has 0 fully saturated rings. The van der Waals surface area contributed by atoms with Crippen LogP contribution in [0, 0.1) is 5.92 Å². The average molecular weight is 383 g/mol. The lowest BCUT2D eigenvalue weighted by atomic mass is 9.93. The van der Waals surface area contributed by atoms with Crippen molar-refractivity contribution >= 4 is 11.6 Å². The summed E-state index contributed by atoms with van der Waals surface area (Å²) in [5.41, 5.74) is 1.88. The number of para-hydroxylation sites is 1. The van der Waals surface area contributed by atoms with E-state index in [1.165, 1.54) is 0 Å². The van der Waals surface area contributed by atoms with Crippen LogP contribution in [0.3, 0.4) is 0 Å². The van der Waals surface area contributed by atoms with Gasteiger partial charge >= 0.3 is 0 Å². The molecule has 1 aliphatic rings. The van der Waals surface area contributed by atoms with Gasteiger partial charge in [0, 0.05) is 31.5 Å². The van der Waals surface area contributed by atoms with Gasteiger partial charge in [0.1, 0.15) is 11.4 Å². The first-order chi connectivity index (χ1) is 13.5. The first-order valence-electron chi connectivity index (χ1n) is 9.87. The molecule has 150 valence electrons. The SMILES string of the molecule is COCCCN1C(=O)c2ccccc2NC1(C)c1cccc(OCC(C)C)c1. The molecule has 5 nitrogen and oxygen atoms in total. The molecule has 0 aliphatic carbocycles. The lowest BCUT2D eigenvalue weighted by molar-refractivity contribution is 0.0504. The lowest BCUT2D eigenvalue weighted by Gasteiger charge is -2.47. The molecule has 1 heterocycles. The number of ether oxygens (including phenoxy) is 2. The van der Waals surface area contributed by atoms with Gasteiger partial charge in [0.05, 0.1) is 12.2 Å². The Labute approximate surface area is 167 Å². The van der Waals surface area contributed by atoms with E-state index in [4.69, 9.17) is 9.47 Å². The van der Waals surface area contributed by atoms with E-state index in [1.54, 1.807) is 7.11 Å². The number of nitrogens with one attached hydrogen (secondary N) is 1. The zero-order valence-corrected chi connectivity index (χ0v) is 17.2. The molecule has 0 spiro atoms. The second kappa shape index (κ2) is 8.65. The first-order valence-corrected chi connectivity index (χ1v) is 9.87. The molecule has 0 bridgehead atoms. The van der Waals surface area contributed by atoms with E-state index >= 15 is 0 Å². The number of hydrogen-bond acceptors (Lipinski definition) is 4. The maximum atomic E-state index is 13.3. The maximum Gasteiger partial charge on any atom is 0.258 e. The van der Waals surface area contributed by atoms with Crippen LogP contribution in [0.4, 0.5) is 5.69 Å². The van der Waals surface area contributed by atoms with Crippen molar-refractivity contribution in [1.29, 1.82) is 0 Å². The molecule has 0 radical (unpaired) electrons. The highest BCUT2D eigenvalue weighted by atomic mass is 16.5. The van der Waals surface area contributed by atoms with Gasteiger partial charge in [-0.05, 0) is 43.5 Å². The second-order valence-electron chi connectivity index (χ2n) is 7.78. The summed E-state index contributed by atoms with van der Waals surface area (Å²) in [5, 5.41) is 3.60. The van der Waals surface area contributed by atoms with E-state index < -0.39 is 5.66 Å². The molecular formula is C23H30N2O3. The van der Waals surface area contributed by atoms with Gasteiger partial charge in [0.2, 0.25) is 0 Å². The summed E-state index contributed by atoms with van der Waals surface area (Å²) in [7, 11) is 1.68. The van der Waals surface area contributed by atoms with Gasteiger partial charge in [-0.2, -0.15) is 0 Å². The number of nitrogens with zero attached hydrogens (tertiary/aromatic N) is 1. The highest BCUT2D eigenvalue weighted by molar-refractivity contribution is 6.02. The standard InChI is InChI=1S/C23H30N2O3/c1-17(2)16-28-19-10-7-9-18(15-19)23(3)24-21-12-6-5-11-20(21)22(26)25(23)13-8-14-27-4/h5-7,9-12,15,17,24H,8,13-14,16H2,1-4H3. The summed E-state index contributed by atoms with van der Waals surface area (Å²) in [6.45, 7) is 8.17. The van der Waals surface area contributed by atoms with E-state index in [0.717, 1.165) is 23.4 Å². The van der Waals surface area contributed by atoms with E-state index in [0.29, 0.717) is 31.2 Å². The number of carbonyl (C=O) groups is 1. The van der Waals surface area contributed by atoms with Crippen molar-refractivity contribution in [3.05, 3.63) is 59.7 Å². The van der Waals surface area contributed by atoms with E-state index in [1.807, 2.05) is 53.4 Å². The van der Waals surface area contributed by atoms with Gasteiger partial charge in [0.15, 0.2) is 0 Å². The molecular weight excluding hydrogens is 352 g/mol. The van der Waals surface area contributed by atoms with E-state index in [-0.39, 0.29) is 5.91 Å². The van der Waals surface area contributed by atoms with Gasteiger partial charge < -0.3 is 19.7 Å². The minimum Gasteiger partial charge on any atom is -0.493 e. The summed E-state index contributed by atoms with van der Waals surface area (Å²) < 4.78 is 11.1. The Balaban J connectivity index is 1.97. The molecule has 0 saturated carbocycles. The Bertz CT molecular complexity index is 821. The molecule has 0 aromatic heterocycles. The number of hydrogen-bond donors (Lipinski definition) is 1. The summed E-state index contributed by atoms with van der Waals surface area (Å²) >= 11 is 0. The Morgan fingerprint density at radius 3 is 2.68 bits per heavy atom. The van der Waals surface area contributed by atoms with Crippen LogP contribution in [0.2, 0.25) is 0 Å². The minimum atomic E-state index is -0.670. The Kier molecular flexibility index (Phi) is 6.25. The smallest absolute Gasteiger partial charge is 0.258 e. The minimum absolute atomic E-state index is 0.0291. The van der Waals surface area contributed by atoms with Crippen LogP contribution in [-0.4, -0.2) is 37.7 Å². The molecule has 0 saturated heterocycles. The molecule has 1 atom stereocenters. The number of fused-ring (bicyclic) bond motifs is 1. The molecule has 1 amide bonds. The van der Waals surface area contributed by atoms with Crippen molar-refractivity contribution in [2.75, 3.05) is 32.2 Å². The number of anilines is 1. The quantitative estimate of drug-likeness (QED) is 0.683. The third-order valence-electron chi connectivity index (χ3n) is 5.03. The van der Waals surface area contributed by atoms with E-state index in [9.17, 15) is 4.79 Å². The molecule has 3 rings (SSSR count). The topological polar surface area (TPSA) is 50.8 Å². The van der Waals surface area contributed by atoms with Crippen molar-refractivity contribution in [2.24, 2.45) is 5.92 Å². The maximum absolute atomic E-state index is 13.3. The van der Waals surface area contributed by atoms with Crippen LogP contribution in [0.5, 0.6) is 5.75 Å². The van der Waals surface area contributed by atoms with E-state index in [2.05, 4.69) is 26.1 Å². The van der Waals surface area contributed by atoms with Crippen LogP contribution in [0.1, 0.15) is 43.1 Å². The fourth-order valence-electron chi connectivity index (χ4n) is 3.53. The van der Waals surface area contributed by atoms with Crippen LogP contribution < -0.4 is 10.1 Å². The summed E-state index contributed by atoms with van der Waals surface area (Å²) in [4.78, 5) is 15.2. The van der Waals surface area contributed by atoms with Crippen LogP contribution >= 0.6 is 0 Å². The largest absolute Gasteiger partial charge is 0.493 e. The second-order valence-corrected chi connectivity index (χ2v) is 7.78. The normalized spacial score (nSPS) is 18.8. The highest BCUT2D eigenvalue weighted by Gasteiger charge is 2.42. The zero-order valence-electron chi connectivity index (χ0n) is 17.2. The van der Waals surface area contributed by atoms with Gasteiger partial charge in [-0.3, -0.25) is 4.79 Å². The zero-order chi connectivity index (χ0) is 20.1. The number of rotatable bonds is 8. The summed E-state index contributed by atoms with van der Waals surface area (Å²) in [6.07, 6.45) is 0.769. The van der Waals surface area contributed by atoms with Crippen molar-refractivity contribution in [3.63, 3.8) is 0 Å². The van der Waals surface area contributed by atoms with Crippen molar-refractivity contribution in [2.45, 2.75) is 32.9 Å². The molecule has 2 aromatic rings. The predicted octanol–water partition coefficient (Wildman–Crippen LogP) is 4.50. The number of amides is 1. The first kappa shape index (κ1) is 20.2. The molecule has 28 heavy (non-hydrogen) atoms. The van der Waals surface area contributed by atoms with Crippen molar-refractivity contribution < 1.29 is 14.3 Å². The Morgan fingerprint density at radius 1 is 1.14 bits per heavy atom. The Morgan fingerprint density at radius 2 is 1.93 bits per heavy atom. The summed E-state index contributed by atoms with van der Waals surface area (Å²) in [6, 6.07) is 15.7. The fourth-order valence-corrected chi connectivity index (χ4v) is 3.53. The third kappa shape index (κ3) is 4.14. The van der Waals surface area contributed by atoms with Crippen molar-refractivity contribution in [1.82, 2.24) is 4.90 Å². The monoisotopic (exact) mass is 382 g/mol. The third-order valence-corrected chi connectivity index (χ3v) is 5.03. The van der Waals surface area contributed by atoms with Gasteiger partial charge in [-0.25, -0.2) is 0 Å². The van der Waals surface area contributed by atoms with Gasteiger partial charge in [0.25, 0.3) is 5.91 Å². The van der Waals surface area contributed by atoms with Crippen LogP contribution in [-0.2, 0) is 10.4 Å².